The molecule has 0 bridgehead atoms. The van der Waals surface area contributed by atoms with Crippen LogP contribution in [0.15, 0.2) is 66.7 Å². The number of rotatable bonds is 5. The fourth-order valence-electron chi connectivity index (χ4n) is 3.80. The molecule has 3 aromatic carbocycles. The van der Waals surface area contributed by atoms with E-state index < -0.39 is 0 Å². The number of hydrogen-bond donors (Lipinski definition) is 1. The number of methoxy groups -OCH3 is 2. The third-order valence-corrected chi connectivity index (χ3v) is 5.53. The summed E-state index contributed by atoms with van der Waals surface area (Å²) in [7, 11) is 3.13. The summed E-state index contributed by atoms with van der Waals surface area (Å²) in [4.78, 5) is 15.2. The minimum Gasteiger partial charge on any atom is -0.493 e. The molecule has 1 atom stereocenters. The molecule has 4 rings (SSSR count). The highest BCUT2D eigenvalue weighted by molar-refractivity contribution is 6.31. The molecule has 1 aliphatic rings. The van der Waals surface area contributed by atoms with E-state index >= 15 is 0 Å². The van der Waals surface area contributed by atoms with Gasteiger partial charge in [0.15, 0.2) is 11.5 Å². The van der Waals surface area contributed by atoms with Crippen LogP contribution in [0.5, 0.6) is 11.5 Å². The van der Waals surface area contributed by atoms with Gasteiger partial charge in [-0.15, -0.1) is 0 Å². The molecule has 0 spiro atoms. The van der Waals surface area contributed by atoms with E-state index in [1.165, 1.54) is 0 Å². The number of hydrogen-bond acceptors (Lipinski definition) is 4. The predicted octanol–water partition coefficient (Wildman–Crippen LogP) is 5.56. The standard InChI is InChI=1S/C24H23ClN2O3/c1-29-22-11-8-16(14-23(22)30-2)24(28)27-13-12-20(26-18-6-4-3-5-7-18)19-10-9-17(25)15-21(19)27/h3-11,14-15,20,26H,12-13H2,1-2H3. The SMILES string of the molecule is COc1ccc(C(=O)N2CCC(Nc3ccccc3)c3ccc(Cl)cc32)cc1OC. The average Bonchev–Trinajstić information content (AvgIpc) is 2.78. The van der Waals surface area contributed by atoms with Crippen molar-refractivity contribution in [2.24, 2.45) is 0 Å². The summed E-state index contributed by atoms with van der Waals surface area (Å²) in [5.74, 6) is 1.01. The van der Waals surface area contributed by atoms with Gasteiger partial charge >= 0.3 is 0 Å². The van der Waals surface area contributed by atoms with Gasteiger partial charge in [-0.2, -0.15) is 0 Å². The van der Waals surface area contributed by atoms with Crippen LogP contribution in [-0.2, 0) is 0 Å². The molecule has 1 heterocycles. The molecule has 3 aromatic rings. The molecule has 0 saturated heterocycles. The largest absolute Gasteiger partial charge is 0.493 e. The molecule has 30 heavy (non-hydrogen) atoms. The Morgan fingerprint density at radius 2 is 1.77 bits per heavy atom. The number of halogens is 1. The van der Waals surface area contributed by atoms with Crippen molar-refractivity contribution in [3.63, 3.8) is 0 Å². The quantitative estimate of drug-likeness (QED) is 0.584. The normalized spacial score (nSPS) is 15.3. The number of nitrogens with zero attached hydrogens (tertiary/aromatic N) is 1. The fraction of sp³-hybridized carbons (Fsp3) is 0.208. The number of fused-ring (bicyclic) bond motifs is 1. The van der Waals surface area contributed by atoms with Crippen LogP contribution in [0.3, 0.4) is 0 Å². The number of ether oxygens (including phenoxy) is 2. The smallest absolute Gasteiger partial charge is 0.258 e. The van der Waals surface area contributed by atoms with Crippen molar-refractivity contribution >= 4 is 28.9 Å². The zero-order valence-corrected chi connectivity index (χ0v) is 17.6. The van der Waals surface area contributed by atoms with Gasteiger partial charge in [0.05, 0.1) is 25.9 Å². The molecule has 1 aliphatic heterocycles. The highest BCUT2D eigenvalue weighted by atomic mass is 35.5. The summed E-state index contributed by atoms with van der Waals surface area (Å²) in [5, 5.41) is 4.17. The van der Waals surface area contributed by atoms with E-state index in [-0.39, 0.29) is 11.9 Å². The highest BCUT2D eigenvalue weighted by Crippen LogP contribution is 2.39. The molecule has 0 fully saturated rings. The second-order valence-electron chi connectivity index (χ2n) is 7.08. The van der Waals surface area contributed by atoms with E-state index in [1.54, 1.807) is 37.3 Å². The molecule has 0 radical (unpaired) electrons. The first-order chi connectivity index (χ1) is 14.6. The van der Waals surface area contributed by atoms with Crippen LogP contribution in [0.1, 0.15) is 28.4 Å². The molecule has 1 amide bonds. The van der Waals surface area contributed by atoms with E-state index in [0.717, 1.165) is 23.4 Å². The maximum atomic E-state index is 13.4. The Hall–Kier alpha value is -3.18. The lowest BCUT2D eigenvalue weighted by Crippen LogP contribution is -2.38. The summed E-state index contributed by atoms with van der Waals surface area (Å²) in [6.07, 6.45) is 0.780. The Morgan fingerprint density at radius 1 is 1.00 bits per heavy atom. The number of carbonyl (C=O) groups excluding carboxylic acids is 1. The van der Waals surface area contributed by atoms with Crippen LogP contribution < -0.4 is 19.7 Å². The molecular weight excluding hydrogens is 400 g/mol. The van der Waals surface area contributed by atoms with Crippen LogP contribution in [-0.4, -0.2) is 26.7 Å². The minimum atomic E-state index is -0.0994. The van der Waals surface area contributed by atoms with Crippen LogP contribution in [0.25, 0.3) is 0 Å². The third-order valence-electron chi connectivity index (χ3n) is 5.29. The lowest BCUT2D eigenvalue weighted by atomic mass is 9.95. The molecule has 0 saturated carbocycles. The maximum Gasteiger partial charge on any atom is 0.258 e. The van der Waals surface area contributed by atoms with Crippen molar-refractivity contribution in [1.29, 1.82) is 0 Å². The zero-order chi connectivity index (χ0) is 21.1. The summed E-state index contributed by atoms with van der Waals surface area (Å²) >= 11 is 6.29. The Kier molecular flexibility index (Phi) is 5.81. The van der Waals surface area contributed by atoms with Gasteiger partial charge in [0.1, 0.15) is 0 Å². The summed E-state index contributed by atoms with van der Waals surface area (Å²) in [6, 6.07) is 21.1. The molecule has 5 nitrogen and oxygen atoms in total. The topological polar surface area (TPSA) is 50.8 Å². The number of benzene rings is 3. The second-order valence-corrected chi connectivity index (χ2v) is 7.52. The lowest BCUT2D eigenvalue weighted by molar-refractivity contribution is 0.0984. The van der Waals surface area contributed by atoms with Gasteiger partial charge in [-0.05, 0) is 54.4 Å². The molecular formula is C24H23ClN2O3. The number of amides is 1. The van der Waals surface area contributed by atoms with Crippen LogP contribution in [0, 0.1) is 0 Å². The van der Waals surface area contributed by atoms with E-state index in [2.05, 4.69) is 5.32 Å². The molecule has 1 N–H and O–H groups in total. The van der Waals surface area contributed by atoms with E-state index in [0.29, 0.717) is 28.6 Å². The van der Waals surface area contributed by atoms with Crippen molar-refractivity contribution in [2.45, 2.75) is 12.5 Å². The van der Waals surface area contributed by atoms with Crippen molar-refractivity contribution in [1.82, 2.24) is 0 Å². The van der Waals surface area contributed by atoms with E-state index in [4.69, 9.17) is 21.1 Å². The lowest BCUT2D eigenvalue weighted by Gasteiger charge is -2.35. The number of para-hydroxylation sites is 1. The van der Waals surface area contributed by atoms with Gasteiger partial charge in [0.2, 0.25) is 0 Å². The van der Waals surface area contributed by atoms with Crippen LogP contribution >= 0.6 is 11.6 Å². The van der Waals surface area contributed by atoms with Gasteiger partial charge in [-0.1, -0.05) is 35.9 Å². The van der Waals surface area contributed by atoms with E-state index in [9.17, 15) is 4.79 Å². The van der Waals surface area contributed by atoms with Gasteiger partial charge in [0.25, 0.3) is 5.91 Å². The van der Waals surface area contributed by atoms with Gasteiger partial charge < -0.3 is 19.7 Å². The Bertz CT molecular complexity index is 1060. The Morgan fingerprint density at radius 3 is 2.50 bits per heavy atom. The molecule has 6 heteroatoms. The summed E-state index contributed by atoms with van der Waals surface area (Å²) in [6.45, 7) is 0.574. The minimum absolute atomic E-state index is 0.0918. The van der Waals surface area contributed by atoms with Gasteiger partial charge in [-0.3, -0.25) is 4.79 Å². The number of anilines is 2. The summed E-state index contributed by atoms with van der Waals surface area (Å²) < 4.78 is 10.6. The third kappa shape index (κ3) is 3.94. The Balaban J connectivity index is 1.67. The van der Waals surface area contributed by atoms with Crippen molar-refractivity contribution < 1.29 is 14.3 Å². The molecule has 1 unspecified atom stereocenters. The maximum absolute atomic E-state index is 13.4. The zero-order valence-electron chi connectivity index (χ0n) is 16.9. The number of carbonyl (C=O) groups is 1. The van der Waals surface area contributed by atoms with Crippen LogP contribution in [0.2, 0.25) is 5.02 Å². The average molecular weight is 423 g/mol. The first kappa shape index (κ1) is 20.1. The predicted molar refractivity (Wildman–Crippen MR) is 120 cm³/mol. The summed E-state index contributed by atoms with van der Waals surface area (Å²) in [5.41, 5.74) is 3.45. The first-order valence-electron chi connectivity index (χ1n) is 9.75. The Labute approximate surface area is 181 Å². The second kappa shape index (κ2) is 8.67. The molecule has 154 valence electrons. The molecule has 0 aromatic heterocycles. The highest BCUT2D eigenvalue weighted by Gasteiger charge is 2.30. The first-order valence-corrected chi connectivity index (χ1v) is 10.1. The van der Waals surface area contributed by atoms with E-state index in [1.807, 2.05) is 48.5 Å². The van der Waals surface area contributed by atoms with Crippen molar-refractivity contribution in [2.75, 3.05) is 31.0 Å². The van der Waals surface area contributed by atoms with Gasteiger partial charge in [0, 0.05) is 22.8 Å². The fourth-order valence-corrected chi connectivity index (χ4v) is 3.97. The van der Waals surface area contributed by atoms with Crippen molar-refractivity contribution in [3.8, 4) is 11.5 Å². The number of nitrogens with one attached hydrogen (secondary N) is 1. The monoisotopic (exact) mass is 422 g/mol. The van der Waals surface area contributed by atoms with Crippen molar-refractivity contribution in [3.05, 3.63) is 82.9 Å². The van der Waals surface area contributed by atoms with Gasteiger partial charge in [-0.25, -0.2) is 0 Å². The van der Waals surface area contributed by atoms with Crippen LogP contribution in [0.4, 0.5) is 11.4 Å². The molecule has 0 aliphatic carbocycles.